The van der Waals surface area contributed by atoms with Crippen molar-refractivity contribution in [1.29, 1.82) is 0 Å². The van der Waals surface area contributed by atoms with E-state index in [0.717, 1.165) is 0 Å². The molecule has 0 aliphatic rings. The quantitative estimate of drug-likeness (QED) is 0.768. The summed E-state index contributed by atoms with van der Waals surface area (Å²) in [5.74, 6) is 0.575. The van der Waals surface area contributed by atoms with E-state index in [-0.39, 0.29) is 5.91 Å². The van der Waals surface area contributed by atoms with Crippen LogP contribution in [0.15, 0.2) is 48.1 Å². The first-order valence-corrected chi connectivity index (χ1v) is 6.88. The Morgan fingerprint density at radius 2 is 1.90 bits per heavy atom. The molecule has 0 bridgehead atoms. The Balaban J connectivity index is 1.84. The summed E-state index contributed by atoms with van der Waals surface area (Å²) >= 11 is 1.17. The molecule has 0 fully saturated rings. The van der Waals surface area contributed by atoms with Gasteiger partial charge in [0, 0.05) is 12.4 Å². The molecule has 0 spiro atoms. The maximum absolute atomic E-state index is 12.3. The molecule has 0 saturated heterocycles. The molecular weight excluding hydrogens is 288 g/mol. The second-order valence-corrected chi connectivity index (χ2v) is 4.60. The molecule has 21 heavy (non-hydrogen) atoms. The van der Waals surface area contributed by atoms with Crippen LogP contribution >= 0.6 is 11.5 Å². The number of nitrogens with zero attached hydrogens (tertiary/aromatic N) is 4. The van der Waals surface area contributed by atoms with E-state index in [2.05, 4.69) is 30.2 Å². The molecule has 2 N–H and O–H groups in total. The standard InChI is InChI=1S/C13H10N6OS/c20-12(17-11-8-21-19-18-11)9-4-1-2-5-10(9)16-13-14-6-3-7-15-13/h1-8H,(H,17,20)(H,14,15,16). The summed E-state index contributed by atoms with van der Waals surface area (Å²) in [6.07, 6.45) is 3.25. The zero-order valence-electron chi connectivity index (χ0n) is 10.7. The van der Waals surface area contributed by atoms with Crippen LogP contribution in [-0.4, -0.2) is 25.5 Å². The Hall–Kier alpha value is -2.87. The number of benzene rings is 1. The maximum atomic E-state index is 12.3. The number of amides is 1. The van der Waals surface area contributed by atoms with Crippen molar-refractivity contribution in [2.45, 2.75) is 0 Å². The number of anilines is 3. The second-order valence-electron chi connectivity index (χ2n) is 3.99. The molecule has 1 amide bonds. The third-order valence-corrected chi connectivity index (χ3v) is 3.09. The molecular formula is C13H10N6OS. The lowest BCUT2D eigenvalue weighted by Crippen LogP contribution is -2.14. The van der Waals surface area contributed by atoms with Crippen molar-refractivity contribution in [1.82, 2.24) is 19.6 Å². The van der Waals surface area contributed by atoms with Crippen LogP contribution in [0, 0.1) is 0 Å². The van der Waals surface area contributed by atoms with Gasteiger partial charge in [-0.2, -0.15) is 0 Å². The zero-order valence-corrected chi connectivity index (χ0v) is 11.5. The zero-order chi connectivity index (χ0) is 14.5. The van der Waals surface area contributed by atoms with Crippen molar-refractivity contribution < 1.29 is 4.79 Å². The predicted molar refractivity (Wildman–Crippen MR) is 79.6 cm³/mol. The molecule has 2 heterocycles. The highest BCUT2D eigenvalue weighted by molar-refractivity contribution is 7.03. The first-order chi connectivity index (χ1) is 10.3. The highest BCUT2D eigenvalue weighted by Gasteiger charge is 2.12. The van der Waals surface area contributed by atoms with Crippen LogP contribution in [0.25, 0.3) is 0 Å². The van der Waals surface area contributed by atoms with Crippen molar-refractivity contribution >= 4 is 34.9 Å². The van der Waals surface area contributed by atoms with Gasteiger partial charge in [-0.3, -0.25) is 4.79 Å². The summed E-state index contributed by atoms with van der Waals surface area (Å²) in [5, 5.41) is 11.1. The largest absolute Gasteiger partial charge is 0.323 e. The molecule has 3 rings (SSSR count). The molecule has 0 aliphatic carbocycles. The Labute approximate surface area is 124 Å². The second kappa shape index (κ2) is 6.06. The third-order valence-electron chi connectivity index (χ3n) is 2.59. The number of rotatable bonds is 4. The molecule has 2 aromatic heterocycles. The summed E-state index contributed by atoms with van der Waals surface area (Å²) in [6.45, 7) is 0. The van der Waals surface area contributed by atoms with Crippen LogP contribution in [0.3, 0.4) is 0 Å². The lowest BCUT2D eigenvalue weighted by molar-refractivity contribution is 0.102. The highest BCUT2D eigenvalue weighted by Crippen LogP contribution is 2.19. The van der Waals surface area contributed by atoms with Gasteiger partial charge in [0.1, 0.15) is 0 Å². The molecule has 0 aliphatic heterocycles. The number of hydrogen-bond acceptors (Lipinski definition) is 7. The molecule has 3 aromatic rings. The summed E-state index contributed by atoms with van der Waals surface area (Å²) in [5.41, 5.74) is 1.09. The fourth-order valence-electron chi connectivity index (χ4n) is 1.68. The molecule has 1 aromatic carbocycles. The van der Waals surface area contributed by atoms with Crippen molar-refractivity contribution in [2.24, 2.45) is 0 Å². The van der Waals surface area contributed by atoms with Crippen molar-refractivity contribution in [3.05, 3.63) is 53.7 Å². The van der Waals surface area contributed by atoms with E-state index in [1.165, 1.54) is 11.5 Å². The number of nitrogens with one attached hydrogen (secondary N) is 2. The molecule has 0 unspecified atom stereocenters. The lowest BCUT2D eigenvalue weighted by atomic mass is 10.1. The third kappa shape index (κ3) is 3.18. The van der Waals surface area contributed by atoms with Gasteiger partial charge >= 0.3 is 0 Å². The van der Waals surface area contributed by atoms with E-state index < -0.39 is 0 Å². The number of aromatic nitrogens is 4. The molecule has 0 atom stereocenters. The molecule has 8 heteroatoms. The minimum Gasteiger partial charge on any atom is -0.323 e. The maximum Gasteiger partial charge on any atom is 0.258 e. The van der Waals surface area contributed by atoms with Gasteiger partial charge in [0.2, 0.25) is 5.95 Å². The van der Waals surface area contributed by atoms with Gasteiger partial charge in [0.15, 0.2) is 5.82 Å². The number of para-hydroxylation sites is 1. The predicted octanol–water partition coefficient (Wildman–Crippen LogP) is 2.32. The normalized spacial score (nSPS) is 10.1. The SMILES string of the molecule is O=C(Nc1csnn1)c1ccccc1Nc1ncccn1. The average molecular weight is 298 g/mol. The van der Waals surface area contributed by atoms with E-state index in [0.29, 0.717) is 23.0 Å². The number of carbonyl (C=O) groups is 1. The topological polar surface area (TPSA) is 92.7 Å². The van der Waals surface area contributed by atoms with Gasteiger partial charge in [-0.15, -0.1) is 5.10 Å². The fourth-order valence-corrected chi connectivity index (χ4v) is 2.07. The van der Waals surface area contributed by atoms with E-state index >= 15 is 0 Å². The first-order valence-electron chi connectivity index (χ1n) is 6.04. The van der Waals surface area contributed by atoms with Crippen LogP contribution in [0.1, 0.15) is 10.4 Å². The molecule has 7 nitrogen and oxygen atoms in total. The van der Waals surface area contributed by atoms with Crippen LogP contribution in [-0.2, 0) is 0 Å². The Kier molecular flexibility index (Phi) is 3.79. The summed E-state index contributed by atoms with van der Waals surface area (Å²) in [7, 11) is 0. The van der Waals surface area contributed by atoms with Gasteiger partial charge in [-0.05, 0) is 29.7 Å². The molecule has 0 saturated carbocycles. The Bertz CT molecular complexity index is 731. The van der Waals surface area contributed by atoms with Gasteiger partial charge in [0.25, 0.3) is 5.91 Å². The van der Waals surface area contributed by atoms with Crippen molar-refractivity contribution in [2.75, 3.05) is 10.6 Å². The monoisotopic (exact) mass is 298 g/mol. The fraction of sp³-hybridized carbons (Fsp3) is 0. The lowest BCUT2D eigenvalue weighted by Gasteiger charge is -2.09. The van der Waals surface area contributed by atoms with Crippen LogP contribution in [0.5, 0.6) is 0 Å². The minimum atomic E-state index is -0.276. The van der Waals surface area contributed by atoms with Crippen LogP contribution in [0.4, 0.5) is 17.5 Å². The van der Waals surface area contributed by atoms with Gasteiger partial charge < -0.3 is 10.6 Å². The van der Waals surface area contributed by atoms with Gasteiger partial charge in [-0.1, -0.05) is 16.6 Å². The Morgan fingerprint density at radius 1 is 1.10 bits per heavy atom. The summed E-state index contributed by atoms with van der Waals surface area (Å²) in [4.78, 5) is 20.4. The Morgan fingerprint density at radius 3 is 2.67 bits per heavy atom. The van der Waals surface area contributed by atoms with E-state index in [9.17, 15) is 4.79 Å². The molecule has 0 radical (unpaired) electrons. The number of hydrogen-bond donors (Lipinski definition) is 2. The highest BCUT2D eigenvalue weighted by atomic mass is 32.1. The van der Waals surface area contributed by atoms with Crippen LogP contribution < -0.4 is 10.6 Å². The van der Waals surface area contributed by atoms with Gasteiger partial charge in [0.05, 0.1) is 16.6 Å². The van der Waals surface area contributed by atoms with E-state index in [1.54, 1.807) is 42.0 Å². The van der Waals surface area contributed by atoms with Gasteiger partial charge in [-0.25, -0.2) is 9.97 Å². The first kappa shape index (κ1) is 13.1. The van der Waals surface area contributed by atoms with E-state index in [1.807, 2.05) is 6.07 Å². The summed E-state index contributed by atoms with van der Waals surface area (Å²) < 4.78 is 3.70. The molecule has 104 valence electrons. The minimum absolute atomic E-state index is 0.276. The average Bonchev–Trinajstić information content (AvgIpc) is 3.02. The van der Waals surface area contributed by atoms with Crippen molar-refractivity contribution in [3.63, 3.8) is 0 Å². The van der Waals surface area contributed by atoms with Crippen LogP contribution in [0.2, 0.25) is 0 Å². The summed E-state index contributed by atoms with van der Waals surface area (Å²) in [6, 6.07) is 8.82. The van der Waals surface area contributed by atoms with E-state index in [4.69, 9.17) is 0 Å². The van der Waals surface area contributed by atoms with Crippen molar-refractivity contribution in [3.8, 4) is 0 Å². The number of carbonyl (C=O) groups excluding carboxylic acids is 1. The smallest absolute Gasteiger partial charge is 0.258 e.